The van der Waals surface area contributed by atoms with Crippen LogP contribution in [0.3, 0.4) is 0 Å². The van der Waals surface area contributed by atoms with Gasteiger partial charge in [-0.2, -0.15) is 0 Å². The average Bonchev–Trinajstić information content (AvgIpc) is 2.77. The number of amides is 3. The highest BCUT2D eigenvalue weighted by Gasteiger charge is 2.33. The highest BCUT2D eigenvalue weighted by Crippen LogP contribution is 2.16. The topological polar surface area (TPSA) is 114 Å². The molecular formula is C26H39N3O5. The first-order valence-electron chi connectivity index (χ1n) is 12.0. The van der Waals surface area contributed by atoms with E-state index in [0.29, 0.717) is 32.5 Å². The van der Waals surface area contributed by atoms with Gasteiger partial charge in [-0.15, -0.1) is 0 Å². The van der Waals surface area contributed by atoms with Crippen molar-refractivity contribution in [3.05, 3.63) is 35.9 Å². The summed E-state index contributed by atoms with van der Waals surface area (Å²) in [5.41, 5.74) is 0.225. The summed E-state index contributed by atoms with van der Waals surface area (Å²) in [4.78, 5) is 51.7. The third-order valence-electron chi connectivity index (χ3n) is 5.56. The van der Waals surface area contributed by atoms with Gasteiger partial charge in [-0.05, 0) is 51.5 Å². The predicted molar refractivity (Wildman–Crippen MR) is 130 cm³/mol. The van der Waals surface area contributed by atoms with Crippen molar-refractivity contribution in [2.45, 2.75) is 77.9 Å². The van der Waals surface area contributed by atoms with Crippen LogP contribution in [0.4, 0.5) is 0 Å². The molecule has 1 aromatic rings. The molecule has 3 amide bonds. The minimum absolute atomic E-state index is 0.137. The van der Waals surface area contributed by atoms with E-state index >= 15 is 0 Å². The molecule has 1 fully saturated rings. The van der Waals surface area contributed by atoms with Gasteiger partial charge in [0.05, 0.1) is 0 Å². The largest absolute Gasteiger partial charge is 0.381 e. The van der Waals surface area contributed by atoms with Gasteiger partial charge in [-0.1, -0.05) is 44.2 Å². The number of hydrogen-bond donors (Lipinski definition) is 3. The van der Waals surface area contributed by atoms with Gasteiger partial charge in [0.1, 0.15) is 12.1 Å². The quantitative estimate of drug-likeness (QED) is 0.451. The first-order valence-corrected chi connectivity index (χ1v) is 12.0. The second kappa shape index (κ2) is 12.6. The van der Waals surface area contributed by atoms with Gasteiger partial charge in [0.25, 0.3) is 5.91 Å². The van der Waals surface area contributed by atoms with E-state index in [1.165, 1.54) is 0 Å². The molecule has 0 saturated carbocycles. The third kappa shape index (κ3) is 9.25. The zero-order valence-corrected chi connectivity index (χ0v) is 21.0. The van der Waals surface area contributed by atoms with E-state index in [4.69, 9.17) is 4.74 Å². The van der Waals surface area contributed by atoms with Gasteiger partial charge < -0.3 is 20.7 Å². The van der Waals surface area contributed by atoms with E-state index in [1.807, 2.05) is 44.2 Å². The number of carbonyl (C=O) groups excluding carboxylic acids is 4. The van der Waals surface area contributed by atoms with Crippen LogP contribution in [-0.4, -0.2) is 54.3 Å². The Labute approximate surface area is 202 Å². The number of benzene rings is 1. The Hall–Kier alpha value is -2.74. The van der Waals surface area contributed by atoms with Gasteiger partial charge in [0, 0.05) is 31.1 Å². The normalized spacial score (nSPS) is 16.4. The Morgan fingerprint density at radius 2 is 1.59 bits per heavy atom. The standard InChI is InChI=1S/C26H39N3O5/c1-17(2)15-21(28-23(31)19-11-13-34-14-12-19)24(32)27-20(16-18-9-7-6-8-10-18)22(30)25(33)29-26(3,4)5/h6-10,17,19-21H,11-16H2,1-5H3,(H,27,32)(H,28,31)(H,29,33). The zero-order chi connectivity index (χ0) is 25.3. The number of ketones is 1. The maximum Gasteiger partial charge on any atom is 0.290 e. The van der Waals surface area contributed by atoms with Crippen molar-refractivity contribution >= 4 is 23.5 Å². The van der Waals surface area contributed by atoms with Crippen LogP contribution >= 0.6 is 0 Å². The van der Waals surface area contributed by atoms with Crippen LogP contribution in [-0.2, 0) is 30.3 Å². The van der Waals surface area contributed by atoms with Crippen molar-refractivity contribution in [3.63, 3.8) is 0 Å². The Kier molecular flexibility index (Phi) is 10.2. The number of rotatable bonds is 10. The van der Waals surface area contributed by atoms with E-state index in [2.05, 4.69) is 16.0 Å². The second-order valence-corrected chi connectivity index (χ2v) is 10.4. The summed E-state index contributed by atoms with van der Waals surface area (Å²) < 4.78 is 5.32. The Bertz CT molecular complexity index is 842. The van der Waals surface area contributed by atoms with E-state index in [0.717, 1.165) is 5.56 Å². The fraction of sp³-hybridized carbons (Fsp3) is 0.615. The molecule has 0 bridgehead atoms. The Morgan fingerprint density at radius 3 is 2.15 bits per heavy atom. The first-order chi connectivity index (χ1) is 16.0. The minimum atomic E-state index is -1.05. The maximum atomic E-state index is 13.3. The number of nitrogens with one attached hydrogen (secondary N) is 3. The Balaban J connectivity index is 2.18. The lowest BCUT2D eigenvalue weighted by Gasteiger charge is -2.27. The third-order valence-corrected chi connectivity index (χ3v) is 5.56. The molecule has 8 heteroatoms. The number of carbonyl (C=O) groups is 4. The van der Waals surface area contributed by atoms with Crippen LogP contribution in [0.1, 0.15) is 59.4 Å². The van der Waals surface area contributed by atoms with Crippen LogP contribution in [0.2, 0.25) is 0 Å². The summed E-state index contributed by atoms with van der Waals surface area (Å²) in [6.45, 7) is 10.3. The van der Waals surface area contributed by atoms with E-state index in [-0.39, 0.29) is 24.2 Å². The summed E-state index contributed by atoms with van der Waals surface area (Å²) in [6, 6.07) is 7.36. The summed E-state index contributed by atoms with van der Waals surface area (Å²) in [5, 5.41) is 8.31. The highest BCUT2D eigenvalue weighted by atomic mass is 16.5. The maximum absolute atomic E-state index is 13.3. The molecule has 1 aliphatic heterocycles. The van der Waals surface area contributed by atoms with Crippen LogP contribution < -0.4 is 16.0 Å². The lowest BCUT2D eigenvalue weighted by atomic mass is 9.96. The number of Topliss-reactive ketones (excluding diaryl/α,β-unsaturated/α-hetero) is 1. The van der Waals surface area contributed by atoms with Crippen molar-refractivity contribution in [2.75, 3.05) is 13.2 Å². The molecule has 1 aliphatic rings. The minimum Gasteiger partial charge on any atom is -0.381 e. The van der Waals surface area contributed by atoms with E-state index in [9.17, 15) is 19.2 Å². The summed E-state index contributed by atoms with van der Waals surface area (Å²) in [7, 11) is 0. The monoisotopic (exact) mass is 473 g/mol. The smallest absolute Gasteiger partial charge is 0.290 e. The van der Waals surface area contributed by atoms with Gasteiger partial charge >= 0.3 is 0 Å². The molecule has 0 radical (unpaired) electrons. The summed E-state index contributed by atoms with van der Waals surface area (Å²) >= 11 is 0. The predicted octanol–water partition coefficient (Wildman–Crippen LogP) is 2.16. The molecular weight excluding hydrogens is 434 g/mol. The van der Waals surface area contributed by atoms with Crippen LogP contribution in [0.25, 0.3) is 0 Å². The van der Waals surface area contributed by atoms with Crippen LogP contribution in [0.15, 0.2) is 30.3 Å². The zero-order valence-electron chi connectivity index (χ0n) is 21.0. The van der Waals surface area contributed by atoms with Gasteiger partial charge in [0.2, 0.25) is 17.6 Å². The van der Waals surface area contributed by atoms with Crippen molar-refractivity contribution in [1.29, 1.82) is 0 Å². The van der Waals surface area contributed by atoms with E-state index in [1.54, 1.807) is 20.8 Å². The fourth-order valence-electron chi connectivity index (χ4n) is 3.84. The van der Waals surface area contributed by atoms with Gasteiger partial charge in [0.15, 0.2) is 0 Å². The molecule has 2 atom stereocenters. The first kappa shape index (κ1) is 27.5. The SMILES string of the molecule is CC(C)CC(NC(=O)C1CCOCC1)C(=O)NC(Cc1ccccc1)C(=O)C(=O)NC(C)(C)C. The Morgan fingerprint density at radius 1 is 0.971 bits per heavy atom. The number of ether oxygens (including phenoxy) is 1. The average molecular weight is 474 g/mol. The molecule has 8 nitrogen and oxygen atoms in total. The van der Waals surface area contributed by atoms with Crippen molar-refractivity contribution in [2.24, 2.45) is 11.8 Å². The molecule has 0 aliphatic carbocycles. The molecule has 0 spiro atoms. The molecule has 34 heavy (non-hydrogen) atoms. The summed E-state index contributed by atoms with van der Waals surface area (Å²) in [5.74, 6) is -2.17. The molecule has 2 rings (SSSR count). The van der Waals surface area contributed by atoms with Crippen LogP contribution in [0, 0.1) is 11.8 Å². The van der Waals surface area contributed by atoms with Gasteiger partial charge in [-0.3, -0.25) is 19.2 Å². The van der Waals surface area contributed by atoms with Gasteiger partial charge in [-0.25, -0.2) is 0 Å². The van der Waals surface area contributed by atoms with Crippen molar-refractivity contribution in [3.8, 4) is 0 Å². The lowest BCUT2D eigenvalue weighted by Crippen LogP contribution is -2.56. The van der Waals surface area contributed by atoms with Crippen molar-refractivity contribution < 1.29 is 23.9 Å². The second-order valence-electron chi connectivity index (χ2n) is 10.4. The number of hydrogen-bond acceptors (Lipinski definition) is 5. The molecule has 3 N–H and O–H groups in total. The molecule has 1 saturated heterocycles. The summed E-state index contributed by atoms with van der Waals surface area (Å²) in [6.07, 6.45) is 1.82. The molecule has 2 unspecified atom stereocenters. The highest BCUT2D eigenvalue weighted by molar-refractivity contribution is 6.38. The van der Waals surface area contributed by atoms with Crippen molar-refractivity contribution in [1.82, 2.24) is 16.0 Å². The van der Waals surface area contributed by atoms with E-state index < -0.39 is 35.2 Å². The molecule has 1 aromatic carbocycles. The molecule has 1 heterocycles. The fourth-order valence-corrected chi connectivity index (χ4v) is 3.84. The lowest BCUT2D eigenvalue weighted by molar-refractivity contribution is -0.141. The molecule has 0 aromatic heterocycles. The molecule has 188 valence electrons. The van der Waals surface area contributed by atoms with Crippen LogP contribution in [0.5, 0.6) is 0 Å².